The maximum Gasteiger partial charge on any atom is 0.401 e. The Morgan fingerprint density at radius 3 is 2.59 bits per heavy atom. The van der Waals surface area contributed by atoms with Crippen molar-refractivity contribution in [3.8, 4) is 5.75 Å². The Morgan fingerprint density at radius 2 is 2.00 bits per heavy atom. The second-order valence-corrected chi connectivity index (χ2v) is 3.55. The molecule has 96 valence electrons. The smallest absolute Gasteiger partial charge is 0.401 e. The molecule has 6 heteroatoms. The average molecular weight is 251 g/mol. The molecule has 0 atom stereocenters. The highest BCUT2D eigenvalue weighted by molar-refractivity contribution is 5.28. The predicted octanol–water partition coefficient (Wildman–Crippen LogP) is 2.66. The molecule has 1 aromatic carbocycles. The number of rotatable bonds is 5. The van der Waals surface area contributed by atoms with E-state index < -0.39 is 12.7 Å². The van der Waals surface area contributed by atoms with E-state index in [0.29, 0.717) is 11.3 Å². The third-order valence-corrected chi connectivity index (χ3v) is 2.00. The second-order valence-electron chi connectivity index (χ2n) is 3.55. The van der Waals surface area contributed by atoms with Crippen molar-refractivity contribution in [3.05, 3.63) is 29.6 Å². The van der Waals surface area contributed by atoms with E-state index in [1.54, 1.807) is 6.92 Å². The number of alkyl halides is 3. The fourth-order valence-electron chi connectivity index (χ4n) is 1.18. The summed E-state index contributed by atoms with van der Waals surface area (Å²) in [4.78, 5) is 0. The maximum absolute atomic E-state index is 12.9. The van der Waals surface area contributed by atoms with Crippen molar-refractivity contribution in [2.75, 3.05) is 19.7 Å². The first-order chi connectivity index (χ1) is 7.88. The van der Waals surface area contributed by atoms with E-state index in [9.17, 15) is 17.6 Å². The molecule has 0 radical (unpaired) electrons. The molecule has 17 heavy (non-hydrogen) atoms. The molecule has 0 aliphatic rings. The number of hydrogen-bond acceptors (Lipinski definition) is 2. The van der Waals surface area contributed by atoms with Crippen LogP contribution in [0.25, 0.3) is 0 Å². The zero-order valence-corrected chi connectivity index (χ0v) is 9.27. The molecule has 0 spiro atoms. The van der Waals surface area contributed by atoms with Crippen LogP contribution in [0.2, 0.25) is 0 Å². The minimum absolute atomic E-state index is 0.0793. The van der Waals surface area contributed by atoms with Crippen molar-refractivity contribution in [1.82, 2.24) is 5.32 Å². The molecule has 0 unspecified atom stereocenters. The van der Waals surface area contributed by atoms with Crippen molar-refractivity contribution in [2.24, 2.45) is 0 Å². The van der Waals surface area contributed by atoms with Crippen LogP contribution in [0, 0.1) is 12.7 Å². The van der Waals surface area contributed by atoms with E-state index in [0.717, 1.165) is 0 Å². The molecule has 0 amide bonds. The lowest BCUT2D eigenvalue weighted by Crippen LogP contribution is -2.31. The van der Waals surface area contributed by atoms with Crippen LogP contribution >= 0.6 is 0 Å². The summed E-state index contributed by atoms with van der Waals surface area (Å²) in [7, 11) is 0. The van der Waals surface area contributed by atoms with E-state index in [2.05, 4.69) is 5.32 Å². The van der Waals surface area contributed by atoms with E-state index >= 15 is 0 Å². The minimum Gasteiger partial charge on any atom is -0.492 e. The Hall–Kier alpha value is -1.30. The molecule has 0 bridgehead atoms. The molecule has 2 nitrogen and oxygen atoms in total. The molecule has 1 rings (SSSR count). The van der Waals surface area contributed by atoms with Crippen molar-refractivity contribution in [2.45, 2.75) is 13.1 Å². The van der Waals surface area contributed by atoms with Gasteiger partial charge in [0.05, 0.1) is 6.54 Å². The minimum atomic E-state index is -4.22. The van der Waals surface area contributed by atoms with Gasteiger partial charge in [-0.05, 0) is 30.7 Å². The van der Waals surface area contributed by atoms with E-state index in [1.807, 2.05) is 0 Å². The molecule has 0 aliphatic carbocycles. The molecule has 1 N–H and O–H groups in total. The summed E-state index contributed by atoms with van der Waals surface area (Å²) in [5.74, 6) is 0.102. The van der Waals surface area contributed by atoms with Crippen LogP contribution in [-0.4, -0.2) is 25.9 Å². The molecular formula is C11H13F4NO. The van der Waals surface area contributed by atoms with Crippen molar-refractivity contribution >= 4 is 0 Å². The van der Waals surface area contributed by atoms with Gasteiger partial charge in [0.15, 0.2) is 0 Å². The summed E-state index contributed by atoms with van der Waals surface area (Å²) in [5.41, 5.74) is 0.436. The van der Waals surface area contributed by atoms with Crippen LogP contribution in [0.15, 0.2) is 18.2 Å². The quantitative estimate of drug-likeness (QED) is 0.641. The zero-order valence-electron chi connectivity index (χ0n) is 9.27. The summed E-state index contributed by atoms with van der Waals surface area (Å²) < 4.78 is 53.3. The van der Waals surface area contributed by atoms with Crippen molar-refractivity contribution < 1.29 is 22.3 Å². The highest BCUT2D eigenvalue weighted by atomic mass is 19.4. The third-order valence-electron chi connectivity index (χ3n) is 2.00. The van der Waals surface area contributed by atoms with Crippen LogP contribution in [-0.2, 0) is 0 Å². The van der Waals surface area contributed by atoms with Gasteiger partial charge < -0.3 is 10.1 Å². The van der Waals surface area contributed by atoms with Gasteiger partial charge >= 0.3 is 6.18 Å². The first-order valence-corrected chi connectivity index (χ1v) is 5.05. The fraction of sp³-hybridized carbons (Fsp3) is 0.455. The molecule has 0 aromatic heterocycles. The summed E-state index contributed by atoms with van der Waals surface area (Å²) >= 11 is 0. The van der Waals surface area contributed by atoms with Gasteiger partial charge in [0.2, 0.25) is 0 Å². The van der Waals surface area contributed by atoms with Gasteiger partial charge in [0.25, 0.3) is 0 Å². The van der Waals surface area contributed by atoms with Gasteiger partial charge in [-0.1, -0.05) is 0 Å². The second kappa shape index (κ2) is 5.86. The Labute approximate surface area is 96.6 Å². The average Bonchev–Trinajstić information content (AvgIpc) is 2.21. The Kier molecular flexibility index (Phi) is 4.74. The van der Waals surface area contributed by atoms with Gasteiger partial charge in [0, 0.05) is 6.54 Å². The standard InChI is InChI=1S/C11H13F4NO/c1-8-6-9(2-3-10(8)12)17-5-4-16-7-11(13,14)15/h2-3,6,16H,4-5,7H2,1H3. The Bertz CT molecular complexity index is 365. The van der Waals surface area contributed by atoms with Crippen LogP contribution in [0.4, 0.5) is 17.6 Å². The first-order valence-electron chi connectivity index (χ1n) is 5.05. The molecule has 0 saturated carbocycles. The van der Waals surface area contributed by atoms with Gasteiger partial charge in [-0.15, -0.1) is 0 Å². The van der Waals surface area contributed by atoms with Gasteiger partial charge in [0.1, 0.15) is 18.2 Å². The largest absolute Gasteiger partial charge is 0.492 e. The summed E-state index contributed by atoms with van der Waals surface area (Å²) in [5, 5.41) is 2.20. The van der Waals surface area contributed by atoms with E-state index in [1.165, 1.54) is 18.2 Å². The lowest BCUT2D eigenvalue weighted by Gasteiger charge is -2.10. The molecular weight excluding hydrogens is 238 g/mol. The number of benzene rings is 1. The van der Waals surface area contributed by atoms with Crippen LogP contribution in [0.5, 0.6) is 5.75 Å². The lowest BCUT2D eigenvalue weighted by atomic mass is 10.2. The highest BCUT2D eigenvalue weighted by Crippen LogP contribution is 2.15. The first kappa shape index (κ1) is 13.8. The van der Waals surface area contributed by atoms with Gasteiger partial charge in [-0.3, -0.25) is 0 Å². The van der Waals surface area contributed by atoms with E-state index in [4.69, 9.17) is 4.74 Å². The van der Waals surface area contributed by atoms with Crippen molar-refractivity contribution in [1.29, 1.82) is 0 Å². The summed E-state index contributed by atoms with van der Waals surface area (Å²) in [6, 6.07) is 4.19. The Balaban J connectivity index is 2.25. The van der Waals surface area contributed by atoms with E-state index in [-0.39, 0.29) is 19.0 Å². The van der Waals surface area contributed by atoms with Gasteiger partial charge in [-0.25, -0.2) is 4.39 Å². The number of ether oxygens (including phenoxy) is 1. The zero-order chi connectivity index (χ0) is 12.9. The maximum atomic E-state index is 12.9. The summed E-state index contributed by atoms with van der Waals surface area (Å²) in [6.07, 6.45) is -4.22. The third kappa shape index (κ3) is 5.53. The monoisotopic (exact) mass is 251 g/mol. The summed E-state index contributed by atoms with van der Waals surface area (Å²) in [6.45, 7) is 0.722. The highest BCUT2D eigenvalue weighted by Gasteiger charge is 2.25. The molecule has 0 fully saturated rings. The van der Waals surface area contributed by atoms with Crippen LogP contribution in [0.3, 0.4) is 0 Å². The predicted molar refractivity (Wildman–Crippen MR) is 55.6 cm³/mol. The number of aryl methyl sites for hydroxylation is 1. The van der Waals surface area contributed by atoms with Gasteiger partial charge in [-0.2, -0.15) is 13.2 Å². The topological polar surface area (TPSA) is 21.3 Å². The molecule has 0 saturated heterocycles. The fourth-order valence-corrected chi connectivity index (χ4v) is 1.18. The van der Waals surface area contributed by atoms with Crippen LogP contribution in [0.1, 0.15) is 5.56 Å². The molecule has 0 heterocycles. The number of hydrogen-bond donors (Lipinski definition) is 1. The number of halogens is 4. The lowest BCUT2D eigenvalue weighted by molar-refractivity contribution is -0.124. The molecule has 0 aliphatic heterocycles. The SMILES string of the molecule is Cc1cc(OCCNCC(F)(F)F)ccc1F. The number of nitrogens with one attached hydrogen (secondary N) is 1. The van der Waals surface area contributed by atoms with Crippen LogP contribution < -0.4 is 10.1 Å². The normalized spacial score (nSPS) is 11.6. The molecule has 1 aromatic rings. The Morgan fingerprint density at radius 1 is 1.29 bits per heavy atom. The van der Waals surface area contributed by atoms with Crippen molar-refractivity contribution in [3.63, 3.8) is 0 Å².